The lowest BCUT2D eigenvalue weighted by Crippen LogP contribution is -2.44. The summed E-state index contributed by atoms with van der Waals surface area (Å²) in [5.41, 5.74) is 1.78. The van der Waals surface area contributed by atoms with Gasteiger partial charge >= 0.3 is 0 Å². The van der Waals surface area contributed by atoms with E-state index in [0.29, 0.717) is 35.6 Å². The molecule has 0 saturated heterocycles. The SMILES string of the molecule is C=CN(C=N)c1ccc2c3c(cccc13)C(=O)N(CCN(C)CCCN(CCC)C(C)CC)C2=O. The fourth-order valence-electron chi connectivity index (χ4n) is 4.80. The van der Waals surface area contributed by atoms with E-state index >= 15 is 0 Å². The van der Waals surface area contributed by atoms with Crippen molar-refractivity contribution in [3.05, 3.63) is 54.2 Å². The molecular weight excluding hydrogens is 438 g/mol. The van der Waals surface area contributed by atoms with E-state index in [1.807, 2.05) is 18.2 Å². The Kier molecular flexibility index (Phi) is 9.18. The topological polar surface area (TPSA) is 71.0 Å². The van der Waals surface area contributed by atoms with E-state index in [2.05, 4.69) is 44.2 Å². The average Bonchev–Trinajstić information content (AvgIpc) is 2.87. The second kappa shape index (κ2) is 12.1. The second-order valence-corrected chi connectivity index (χ2v) is 9.29. The van der Waals surface area contributed by atoms with Gasteiger partial charge in [-0.05, 0) is 71.1 Å². The Morgan fingerprint density at radius 1 is 1.03 bits per heavy atom. The van der Waals surface area contributed by atoms with Gasteiger partial charge in [0.05, 0.1) is 12.0 Å². The standard InChI is InChI=1S/C28H39N5O2/c1-6-15-32(21(4)7-2)17-10-16-30(5)18-19-33-27(34)23-12-9-11-22-25(31(8-3)20-29)14-13-24(26(22)23)28(33)35/h8-9,11-14,20-21,29H,3,6-7,10,15-19H2,1-2,4-5H3. The van der Waals surface area contributed by atoms with Crippen LogP contribution in [0.3, 0.4) is 0 Å². The predicted octanol–water partition coefficient (Wildman–Crippen LogP) is 4.83. The summed E-state index contributed by atoms with van der Waals surface area (Å²) in [5, 5.41) is 9.06. The number of anilines is 1. The van der Waals surface area contributed by atoms with E-state index in [-0.39, 0.29) is 11.8 Å². The summed E-state index contributed by atoms with van der Waals surface area (Å²) < 4.78 is 0. The van der Waals surface area contributed by atoms with Crippen LogP contribution in [0.15, 0.2) is 43.1 Å². The minimum atomic E-state index is -0.260. The van der Waals surface area contributed by atoms with Crippen molar-refractivity contribution in [3.63, 3.8) is 0 Å². The van der Waals surface area contributed by atoms with Crippen LogP contribution in [-0.4, -0.2) is 78.7 Å². The van der Waals surface area contributed by atoms with Crippen molar-refractivity contribution in [2.45, 2.75) is 46.1 Å². The van der Waals surface area contributed by atoms with Gasteiger partial charge in [0.1, 0.15) is 0 Å². The van der Waals surface area contributed by atoms with Crippen LogP contribution in [0, 0.1) is 5.41 Å². The molecule has 2 aromatic rings. The third kappa shape index (κ3) is 5.63. The third-order valence-corrected chi connectivity index (χ3v) is 7.00. The molecule has 0 fully saturated rings. The summed E-state index contributed by atoms with van der Waals surface area (Å²) in [7, 11) is 2.05. The lowest BCUT2D eigenvalue weighted by molar-refractivity contribution is 0.0596. The molecule has 1 atom stereocenters. The zero-order valence-electron chi connectivity index (χ0n) is 21.6. The maximum absolute atomic E-state index is 13.3. The first kappa shape index (κ1) is 26.6. The van der Waals surface area contributed by atoms with Crippen molar-refractivity contribution < 1.29 is 9.59 Å². The second-order valence-electron chi connectivity index (χ2n) is 9.29. The summed E-state index contributed by atoms with van der Waals surface area (Å²) in [6, 6.07) is 9.64. The lowest BCUT2D eigenvalue weighted by atomic mass is 9.92. The van der Waals surface area contributed by atoms with Gasteiger partial charge in [0.15, 0.2) is 0 Å². The van der Waals surface area contributed by atoms with Gasteiger partial charge in [-0.25, -0.2) is 0 Å². The molecule has 2 amide bonds. The van der Waals surface area contributed by atoms with Crippen LogP contribution < -0.4 is 4.90 Å². The molecule has 0 saturated carbocycles. The molecular formula is C28H39N5O2. The summed E-state index contributed by atoms with van der Waals surface area (Å²) in [6.45, 7) is 14.6. The first-order chi connectivity index (χ1) is 16.9. The molecule has 1 aliphatic rings. The Morgan fingerprint density at radius 2 is 1.74 bits per heavy atom. The van der Waals surface area contributed by atoms with Crippen molar-refractivity contribution in [1.82, 2.24) is 14.7 Å². The molecule has 7 heteroatoms. The van der Waals surface area contributed by atoms with Crippen LogP contribution in [0.4, 0.5) is 5.69 Å². The number of hydrogen-bond acceptors (Lipinski definition) is 5. The van der Waals surface area contributed by atoms with E-state index in [1.54, 1.807) is 17.0 Å². The highest BCUT2D eigenvalue weighted by molar-refractivity contribution is 6.27. The number of imide groups is 1. The Hall–Kier alpha value is -3.03. The molecule has 3 rings (SSSR count). The van der Waals surface area contributed by atoms with Gasteiger partial charge in [-0.15, -0.1) is 0 Å². The van der Waals surface area contributed by atoms with Crippen molar-refractivity contribution in [2.75, 3.05) is 44.7 Å². The normalized spacial score (nSPS) is 14.2. The van der Waals surface area contributed by atoms with Crippen LogP contribution in [0.2, 0.25) is 0 Å². The van der Waals surface area contributed by atoms with Crippen LogP contribution >= 0.6 is 0 Å². The molecule has 0 aliphatic carbocycles. The Bertz CT molecular complexity index is 1050. The number of likely N-dealkylation sites (N-methyl/N-ethyl adjacent to an activating group) is 1. The molecule has 1 aliphatic heterocycles. The molecule has 0 radical (unpaired) electrons. The fraction of sp³-hybridized carbons (Fsp3) is 0.464. The number of nitrogens with one attached hydrogen (secondary N) is 1. The van der Waals surface area contributed by atoms with Gasteiger partial charge in [-0.3, -0.25) is 19.9 Å². The predicted molar refractivity (Wildman–Crippen MR) is 145 cm³/mol. The monoisotopic (exact) mass is 477 g/mol. The molecule has 1 N–H and O–H groups in total. The highest BCUT2D eigenvalue weighted by Gasteiger charge is 2.33. The van der Waals surface area contributed by atoms with Crippen molar-refractivity contribution >= 4 is 34.6 Å². The number of carbonyl (C=O) groups is 2. The summed E-state index contributed by atoms with van der Waals surface area (Å²) in [6.07, 6.45) is 6.06. The number of nitrogens with zero attached hydrogens (tertiary/aromatic N) is 4. The molecule has 0 spiro atoms. The molecule has 0 bridgehead atoms. The van der Waals surface area contributed by atoms with E-state index in [9.17, 15) is 9.59 Å². The van der Waals surface area contributed by atoms with Gasteiger partial charge in [0.25, 0.3) is 11.8 Å². The average molecular weight is 478 g/mol. The smallest absolute Gasteiger partial charge is 0.261 e. The fourth-order valence-corrected chi connectivity index (χ4v) is 4.80. The number of amides is 2. The Labute approximate surface area is 209 Å². The van der Waals surface area contributed by atoms with Gasteiger partial charge in [0.2, 0.25) is 0 Å². The van der Waals surface area contributed by atoms with E-state index < -0.39 is 0 Å². The highest BCUT2D eigenvalue weighted by Crippen LogP contribution is 2.35. The Balaban J connectivity index is 1.69. The minimum Gasteiger partial charge on any atom is -0.308 e. The maximum atomic E-state index is 13.3. The highest BCUT2D eigenvalue weighted by atomic mass is 16.2. The molecule has 2 aromatic carbocycles. The summed E-state index contributed by atoms with van der Waals surface area (Å²) in [5.74, 6) is -0.519. The summed E-state index contributed by atoms with van der Waals surface area (Å²) in [4.78, 5) is 34.4. The van der Waals surface area contributed by atoms with Crippen molar-refractivity contribution in [3.8, 4) is 0 Å². The number of benzene rings is 2. The Morgan fingerprint density at radius 3 is 2.37 bits per heavy atom. The largest absolute Gasteiger partial charge is 0.308 e. The van der Waals surface area contributed by atoms with Crippen LogP contribution in [-0.2, 0) is 0 Å². The first-order valence-corrected chi connectivity index (χ1v) is 12.6. The van der Waals surface area contributed by atoms with Crippen LogP contribution in [0.5, 0.6) is 0 Å². The summed E-state index contributed by atoms with van der Waals surface area (Å²) >= 11 is 0. The van der Waals surface area contributed by atoms with Crippen molar-refractivity contribution in [2.24, 2.45) is 0 Å². The van der Waals surface area contributed by atoms with Gasteiger partial charge in [-0.2, -0.15) is 0 Å². The molecule has 1 heterocycles. The molecule has 0 aromatic heterocycles. The van der Waals surface area contributed by atoms with E-state index in [4.69, 9.17) is 5.41 Å². The van der Waals surface area contributed by atoms with Crippen LogP contribution in [0.25, 0.3) is 10.8 Å². The van der Waals surface area contributed by atoms with Gasteiger partial charge in [0, 0.05) is 47.2 Å². The van der Waals surface area contributed by atoms with Gasteiger partial charge in [-0.1, -0.05) is 32.6 Å². The number of hydrogen-bond donors (Lipinski definition) is 1. The van der Waals surface area contributed by atoms with Gasteiger partial charge < -0.3 is 14.7 Å². The molecule has 188 valence electrons. The number of rotatable bonds is 14. The quantitative estimate of drug-likeness (QED) is 0.240. The molecule has 7 nitrogen and oxygen atoms in total. The molecule has 1 unspecified atom stereocenters. The first-order valence-electron chi connectivity index (χ1n) is 12.6. The minimum absolute atomic E-state index is 0.260. The molecule has 35 heavy (non-hydrogen) atoms. The van der Waals surface area contributed by atoms with Crippen molar-refractivity contribution in [1.29, 1.82) is 5.41 Å². The van der Waals surface area contributed by atoms with E-state index in [1.165, 1.54) is 11.1 Å². The lowest BCUT2D eigenvalue weighted by Gasteiger charge is -2.31. The number of carbonyl (C=O) groups excluding carboxylic acids is 2. The maximum Gasteiger partial charge on any atom is 0.261 e. The zero-order chi connectivity index (χ0) is 25.5. The zero-order valence-corrected chi connectivity index (χ0v) is 21.6. The third-order valence-electron chi connectivity index (χ3n) is 7.00. The van der Waals surface area contributed by atoms with Crippen LogP contribution in [0.1, 0.15) is 60.7 Å². The van der Waals surface area contributed by atoms with E-state index in [0.717, 1.165) is 56.3 Å².